The lowest BCUT2D eigenvalue weighted by Crippen LogP contribution is -2.41. The number of nitrogens with one attached hydrogen (secondary N) is 2. The highest BCUT2D eigenvalue weighted by molar-refractivity contribution is 9.11. The van der Waals surface area contributed by atoms with Crippen LogP contribution in [0.2, 0.25) is 0 Å². The molecule has 0 aliphatic heterocycles. The molecule has 0 unspecified atom stereocenters. The Morgan fingerprint density at radius 1 is 1.09 bits per heavy atom. The Morgan fingerprint density at radius 2 is 1.86 bits per heavy atom. The van der Waals surface area contributed by atoms with Crippen molar-refractivity contribution in [3.63, 3.8) is 0 Å². The van der Waals surface area contributed by atoms with Crippen LogP contribution in [0.5, 0.6) is 0 Å². The average molecular weight is 379 g/mol. The van der Waals surface area contributed by atoms with E-state index in [0.717, 1.165) is 14.7 Å². The van der Waals surface area contributed by atoms with Crippen LogP contribution in [0.4, 0.5) is 0 Å². The van der Waals surface area contributed by atoms with Crippen molar-refractivity contribution in [3.05, 3.63) is 56.4 Å². The number of hydrogen-bond acceptors (Lipinski definition) is 4. The Morgan fingerprint density at radius 3 is 2.59 bits per heavy atom. The molecule has 112 valence electrons. The standard InChI is InChI=1S/C15H11BrN2O3S/c1-8-2-3-10-9(6-8)7-11(21-10)14(19)17-18-15(20)12-4-5-13(16)22-12/h2-7H,1H3,(H,17,19)(H,18,20). The van der Waals surface area contributed by atoms with Gasteiger partial charge in [-0.15, -0.1) is 11.3 Å². The molecule has 0 radical (unpaired) electrons. The summed E-state index contributed by atoms with van der Waals surface area (Å²) in [6.07, 6.45) is 0. The van der Waals surface area contributed by atoms with Crippen LogP contribution in [-0.4, -0.2) is 11.8 Å². The van der Waals surface area contributed by atoms with E-state index in [0.29, 0.717) is 10.5 Å². The number of carbonyl (C=O) groups is 2. The first-order valence-electron chi connectivity index (χ1n) is 6.39. The van der Waals surface area contributed by atoms with E-state index in [4.69, 9.17) is 4.42 Å². The summed E-state index contributed by atoms with van der Waals surface area (Å²) in [5, 5.41) is 0.846. The molecule has 7 heteroatoms. The van der Waals surface area contributed by atoms with Gasteiger partial charge in [0.1, 0.15) is 5.58 Å². The maximum atomic E-state index is 12.0. The predicted octanol–water partition coefficient (Wildman–Crippen LogP) is 3.64. The molecule has 3 rings (SSSR count). The summed E-state index contributed by atoms with van der Waals surface area (Å²) in [5.74, 6) is -0.734. The minimum Gasteiger partial charge on any atom is -0.451 e. The van der Waals surface area contributed by atoms with Crippen molar-refractivity contribution in [2.45, 2.75) is 6.92 Å². The smallest absolute Gasteiger partial charge is 0.305 e. The number of halogens is 1. The molecule has 0 saturated carbocycles. The van der Waals surface area contributed by atoms with Crippen molar-refractivity contribution in [1.82, 2.24) is 10.9 Å². The molecule has 0 aliphatic rings. The van der Waals surface area contributed by atoms with Gasteiger partial charge in [-0.1, -0.05) is 11.6 Å². The summed E-state index contributed by atoms with van der Waals surface area (Å²) in [6, 6.07) is 10.7. The summed E-state index contributed by atoms with van der Waals surface area (Å²) in [6.45, 7) is 1.96. The molecule has 0 bridgehead atoms. The van der Waals surface area contributed by atoms with Gasteiger partial charge in [-0.3, -0.25) is 20.4 Å². The zero-order chi connectivity index (χ0) is 15.7. The quantitative estimate of drug-likeness (QED) is 0.668. The number of furan rings is 1. The normalized spacial score (nSPS) is 10.6. The average Bonchev–Trinajstić information content (AvgIpc) is 3.10. The molecule has 0 atom stereocenters. The zero-order valence-corrected chi connectivity index (χ0v) is 13.9. The van der Waals surface area contributed by atoms with E-state index >= 15 is 0 Å². The summed E-state index contributed by atoms with van der Waals surface area (Å²) in [7, 11) is 0. The first-order chi connectivity index (χ1) is 10.5. The van der Waals surface area contributed by atoms with Gasteiger partial charge in [0.15, 0.2) is 5.76 Å². The van der Waals surface area contributed by atoms with Gasteiger partial charge in [0.2, 0.25) is 0 Å². The van der Waals surface area contributed by atoms with Crippen molar-refractivity contribution in [1.29, 1.82) is 0 Å². The molecular weight excluding hydrogens is 368 g/mol. The van der Waals surface area contributed by atoms with Gasteiger partial charge in [-0.05, 0) is 53.2 Å². The first-order valence-corrected chi connectivity index (χ1v) is 8.00. The second kappa shape index (κ2) is 5.94. The van der Waals surface area contributed by atoms with Crippen LogP contribution in [0.15, 0.2) is 44.6 Å². The Hall–Kier alpha value is -2.12. The molecule has 0 saturated heterocycles. The third-order valence-electron chi connectivity index (χ3n) is 2.98. The predicted molar refractivity (Wildman–Crippen MR) is 87.9 cm³/mol. The molecule has 5 nitrogen and oxygen atoms in total. The lowest BCUT2D eigenvalue weighted by molar-refractivity contribution is 0.0834. The third-order valence-corrected chi connectivity index (χ3v) is 4.60. The van der Waals surface area contributed by atoms with Crippen LogP contribution in [0, 0.1) is 6.92 Å². The van der Waals surface area contributed by atoms with Crippen LogP contribution < -0.4 is 10.9 Å². The third kappa shape index (κ3) is 3.05. The summed E-state index contributed by atoms with van der Waals surface area (Å²) in [4.78, 5) is 24.4. The Balaban J connectivity index is 1.69. The molecule has 2 amide bonds. The van der Waals surface area contributed by atoms with Gasteiger partial charge in [-0.2, -0.15) is 0 Å². The van der Waals surface area contributed by atoms with E-state index in [2.05, 4.69) is 26.8 Å². The minimum absolute atomic E-state index is 0.147. The molecule has 1 aromatic carbocycles. The first kappa shape index (κ1) is 14.8. The monoisotopic (exact) mass is 378 g/mol. The Bertz CT molecular complexity index is 869. The van der Waals surface area contributed by atoms with Crippen LogP contribution >= 0.6 is 27.3 Å². The van der Waals surface area contributed by atoms with E-state index in [9.17, 15) is 9.59 Å². The maximum Gasteiger partial charge on any atom is 0.305 e. The van der Waals surface area contributed by atoms with E-state index in [1.54, 1.807) is 18.2 Å². The number of thiophene rings is 1. The van der Waals surface area contributed by atoms with Gasteiger partial charge in [-0.25, -0.2) is 0 Å². The largest absolute Gasteiger partial charge is 0.451 e. The highest BCUT2D eigenvalue weighted by atomic mass is 79.9. The number of hydrogen-bond donors (Lipinski definition) is 2. The second-order valence-electron chi connectivity index (χ2n) is 4.66. The lowest BCUT2D eigenvalue weighted by atomic mass is 10.2. The SMILES string of the molecule is Cc1ccc2oc(C(=O)NNC(=O)c3ccc(Br)s3)cc2c1. The van der Waals surface area contributed by atoms with Crippen LogP contribution in [0.25, 0.3) is 11.0 Å². The number of hydrazine groups is 1. The minimum atomic E-state index is -0.502. The zero-order valence-electron chi connectivity index (χ0n) is 11.5. The van der Waals surface area contributed by atoms with Gasteiger partial charge < -0.3 is 4.42 Å². The topological polar surface area (TPSA) is 71.3 Å². The number of fused-ring (bicyclic) bond motifs is 1. The number of aryl methyl sites for hydroxylation is 1. The van der Waals surface area contributed by atoms with Crippen molar-refractivity contribution >= 4 is 50.1 Å². The molecule has 0 aliphatic carbocycles. The molecule has 0 fully saturated rings. The molecule has 3 aromatic rings. The number of rotatable bonds is 2. The van der Waals surface area contributed by atoms with Gasteiger partial charge >= 0.3 is 5.91 Å². The van der Waals surface area contributed by atoms with Crippen LogP contribution in [0.3, 0.4) is 0 Å². The fourth-order valence-electron chi connectivity index (χ4n) is 1.95. The second-order valence-corrected chi connectivity index (χ2v) is 7.13. The van der Waals surface area contributed by atoms with Crippen LogP contribution in [0.1, 0.15) is 25.8 Å². The van der Waals surface area contributed by atoms with Crippen molar-refractivity contribution in [2.75, 3.05) is 0 Å². The summed E-state index contributed by atoms with van der Waals surface area (Å²) in [5.41, 5.74) is 6.41. The Labute approximate surface area is 138 Å². The fourth-order valence-corrected chi connectivity index (χ4v) is 3.23. The Kier molecular flexibility index (Phi) is 4.00. The van der Waals surface area contributed by atoms with E-state index in [1.807, 2.05) is 25.1 Å². The molecule has 2 heterocycles. The molecule has 2 aromatic heterocycles. The maximum absolute atomic E-state index is 12.0. The van der Waals surface area contributed by atoms with Gasteiger partial charge in [0, 0.05) is 5.39 Å². The van der Waals surface area contributed by atoms with Gasteiger partial charge in [0.25, 0.3) is 5.91 Å². The lowest BCUT2D eigenvalue weighted by Gasteiger charge is -2.03. The van der Waals surface area contributed by atoms with Crippen molar-refractivity contribution in [2.24, 2.45) is 0 Å². The number of amides is 2. The molecule has 0 spiro atoms. The van der Waals surface area contributed by atoms with Crippen LogP contribution in [-0.2, 0) is 0 Å². The number of benzene rings is 1. The van der Waals surface area contributed by atoms with Gasteiger partial charge in [0.05, 0.1) is 8.66 Å². The highest BCUT2D eigenvalue weighted by Crippen LogP contribution is 2.22. The molecule has 2 N–H and O–H groups in total. The molecular formula is C15H11BrN2O3S. The number of carbonyl (C=O) groups excluding carboxylic acids is 2. The summed E-state index contributed by atoms with van der Waals surface area (Å²) >= 11 is 4.56. The van der Waals surface area contributed by atoms with E-state index in [-0.39, 0.29) is 11.7 Å². The van der Waals surface area contributed by atoms with Crippen molar-refractivity contribution < 1.29 is 14.0 Å². The summed E-state index contributed by atoms with van der Waals surface area (Å²) < 4.78 is 6.30. The van der Waals surface area contributed by atoms with E-state index in [1.165, 1.54) is 11.3 Å². The fraction of sp³-hybridized carbons (Fsp3) is 0.0667. The van der Waals surface area contributed by atoms with Crippen molar-refractivity contribution in [3.8, 4) is 0 Å². The molecule has 22 heavy (non-hydrogen) atoms. The highest BCUT2D eigenvalue weighted by Gasteiger charge is 2.14. The van der Waals surface area contributed by atoms with E-state index < -0.39 is 5.91 Å².